The van der Waals surface area contributed by atoms with Gasteiger partial charge in [-0.05, 0) is 26.0 Å². The number of nitrogens with zero attached hydrogens (tertiary/aromatic N) is 1. The van der Waals surface area contributed by atoms with Crippen LogP contribution >= 0.6 is 0 Å². The Morgan fingerprint density at radius 2 is 2.26 bits per heavy atom. The van der Waals surface area contributed by atoms with Crippen LogP contribution in [0.1, 0.15) is 26.7 Å². The van der Waals surface area contributed by atoms with Gasteiger partial charge in [0.1, 0.15) is 17.2 Å². The van der Waals surface area contributed by atoms with E-state index in [0.29, 0.717) is 25.3 Å². The van der Waals surface area contributed by atoms with E-state index in [0.717, 1.165) is 6.20 Å². The van der Waals surface area contributed by atoms with E-state index in [9.17, 15) is 14.3 Å². The lowest BCUT2D eigenvalue weighted by Crippen LogP contribution is -2.55. The van der Waals surface area contributed by atoms with Crippen molar-refractivity contribution in [3.8, 4) is 0 Å². The van der Waals surface area contributed by atoms with Crippen molar-refractivity contribution in [2.45, 2.75) is 37.8 Å². The number of carbonyl (C=O) groups is 1. The highest BCUT2D eigenvalue weighted by molar-refractivity contribution is 5.82. The maximum absolute atomic E-state index is 12.8. The van der Waals surface area contributed by atoms with Gasteiger partial charge in [-0.25, -0.2) is 14.2 Å². The number of hydrogen-bond acceptors (Lipinski definition) is 4. The van der Waals surface area contributed by atoms with Gasteiger partial charge in [-0.15, -0.1) is 0 Å². The number of hydrogen-bond donors (Lipinski definition) is 2. The number of aromatic nitrogens is 1. The molecule has 0 saturated carbocycles. The molecule has 0 spiro atoms. The Balaban J connectivity index is 2.25. The zero-order valence-electron chi connectivity index (χ0n) is 10.9. The molecule has 0 bridgehead atoms. The first-order chi connectivity index (χ1) is 8.83. The summed E-state index contributed by atoms with van der Waals surface area (Å²) in [4.78, 5) is 15.5. The molecular formula is C13H17FN2O3. The van der Waals surface area contributed by atoms with Crippen LogP contribution in [0.3, 0.4) is 0 Å². The van der Waals surface area contributed by atoms with Gasteiger partial charge in [-0.2, -0.15) is 0 Å². The molecule has 2 N–H and O–H groups in total. The summed E-state index contributed by atoms with van der Waals surface area (Å²) in [5.74, 6) is -1.06. The predicted molar refractivity (Wildman–Crippen MR) is 67.4 cm³/mol. The van der Waals surface area contributed by atoms with Crippen molar-refractivity contribution in [2.75, 3.05) is 11.9 Å². The summed E-state index contributed by atoms with van der Waals surface area (Å²) in [7, 11) is 0. The number of nitrogens with one attached hydrogen (secondary N) is 1. The lowest BCUT2D eigenvalue weighted by Gasteiger charge is -2.42. The normalized spacial score (nSPS) is 25.8. The second-order valence-corrected chi connectivity index (χ2v) is 5.41. The molecule has 0 aliphatic carbocycles. The van der Waals surface area contributed by atoms with Crippen molar-refractivity contribution in [3.63, 3.8) is 0 Å². The fourth-order valence-corrected chi connectivity index (χ4v) is 2.41. The number of pyridine rings is 1. The van der Waals surface area contributed by atoms with E-state index in [1.165, 1.54) is 12.1 Å². The molecule has 0 amide bonds. The molecule has 2 heterocycles. The second kappa shape index (κ2) is 4.77. The fourth-order valence-electron chi connectivity index (χ4n) is 2.41. The monoisotopic (exact) mass is 268 g/mol. The van der Waals surface area contributed by atoms with E-state index in [2.05, 4.69) is 10.3 Å². The van der Waals surface area contributed by atoms with Crippen LogP contribution in [-0.2, 0) is 9.53 Å². The third-order valence-electron chi connectivity index (χ3n) is 3.25. The maximum atomic E-state index is 12.8. The van der Waals surface area contributed by atoms with E-state index in [1.54, 1.807) is 0 Å². The SMILES string of the molecule is CC1(C)CC(Nc2ccc(F)cn2)(C(=O)O)CCO1. The van der Waals surface area contributed by atoms with Gasteiger partial charge in [0.2, 0.25) is 0 Å². The first-order valence-corrected chi connectivity index (χ1v) is 6.10. The Bertz CT molecular complexity index is 475. The van der Waals surface area contributed by atoms with Crippen molar-refractivity contribution < 1.29 is 19.0 Å². The van der Waals surface area contributed by atoms with E-state index < -0.39 is 22.9 Å². The minimum Gasteiger partial charge on any atom is -0.480 e. The molecule has 1 aliphatic rings. The summed E-state index contributed by atoms with van der Waals surface area (Å²) in [5.41, 5.74) is -1.66. The lowest BCUT2D eigenvalue weighted by atomic mass is 9.81. The van der Waals surface area contributed by atoms with Crippen molar-refractivity contribution in [2.24, 2.45) is 0 Å². The molecule has 0 radical (unpaired) electrons. The molecule has 1 aromatic heterocycles. The van der Waals surface area contributed by atoms with Crippen LogP contribution in [0.5, 0.6) is 0 Å². The molecule has 5 nitrogen and oxygen atoms in total. The first-order valence-electron chi connectivity index (χ1n) is 6.10. The minimum absolute atomic E-state index is 0.314. The summed E-state index contributed by atoms with van der Waals surface area (Å²) in [5, 5.41) is 12.4. The zero-order valence-corrected chi connectivity index (χ0v) is 10.9. The van der Waals surface area contributed by atoms with E-state index in [1.807, 2.05) is 13.8 Å². The standard InChI is InChI=1S/C13H17FN2O3/c1-12(2)8-13(11(17)18,5-6-19-12)16-10-4-3-9(14)7-15-10/h3-4,7H,5-6,8H2,1-2H3,(H,15,16)(H,17,18). The van der Waals surface area contributed by atoms with Crippen LogP contribution in [0.2, 0.25) is 0 Å². The van der Waals surface area contributed by atoms with Gasteiger partial charge in [0.15, 0.2) is 0 Å². The minimum atomic E-state index is -1.13. The molecule has 1 atom stereocenters. The first kappa shape index (κ1) is 13.7. The second-order valence-electron chi connectivity index (χ2n) is 5.41. The van der Waals surface area contributed by atoms with Gasteiger partial charge in [0.25, 0.3) is 0 Å². The molecule has 1 unspecified atom stereocenters. The maximum Gasteiger partial charge on any atom is 0.329 e. The van der Waals surface area contributed by atoms with Gasteiger partial charge in [-0.3, -0.25) is 0 Å². The third kappa shape index (κ3) is 3.01. The molecule has 1 aromatic rings. The summed E-state index contributed by atoms with van der Waals surface area (Å²) in [6.45, 7) is 4.06. The van der Waals surface area contributed by atoms with Gasteiger partial charge in [-0.1, -0.05) is 0 Å². The average Bonchev–Trinajstić information content (AvgIpc) is 2.31. The van der Waals surface area contributed by atoms with Gasteiger partial charge >= 0.3 is 5.97 Å². The number of ether oxygens (including phenoxy) is 1. The summed E-state index contributed by atoms with van der Waals surface area (Å²) in [6.07, 6.45) is 1.71. The van der Waals surface area contributed by atoms with Crippen LogP contribution in [-0.4, -0.2) is 33.8 Å². The number of aliphatic carboxylic acids is 1. The average molecular weight is 268 g/mol. The van der Waals surface area contributed by atoms with Crippen molar-refractivity contribution in [1.29, 1.82) is 0 Å². The van der Waals surface area contributed by atoms with Crippen molar-refractivity contribution in [3.05, 3.63) is 24.1 Å². The van der Waals surface area contributed by atoms with Crippen LogP contribution < -0.4 is 5.32 Å². The number of halogens is 1. The Morgan fingerprint density at radius 3 is 2.79 bits per heavy atom. The number of rotatable bonds is 3. The zero-order chi connectivity index (χ0) is 14.1. The molecule has 104 valence electrons. The van der Waals surface area contributed by atoms with Gasteiger partial charge in [0, 0.05) is 12.8 Å². The Hall–Kier alpha value is -1.69. The molecular weight excluding hydrogens is 251 g/mol. The topological polar surface area (TPSA) is 71.5 Å². The molecule has 19 heavy (non-hydrogen) atoms. The fraction of sp³-hybridized carbons (Fsp3) is 0.538. The Labute approximate surface area is 110 Å². The molecule has 1 fully saturated rings. The summed E-state index contributed by atoms with van der Waals surface area (Å²) in [6, 6.07) is 2.68. The van der Waals surface area contributed by atoms with E-state index >= 15 is 0 Å². The molecule has 2 rings (SSSR count). The van der Waals surface area contributed by atoms with Crippen LogP contribution in [0, 0.1) is 5.82 Å². The highest BCUT2D eigenvalue weighted by atomic mass is 19.1. The van der Waals surface area contributed by atoms with Crippen molar-refractivity contribution in [1.82, 2.24) is 4.98 Å². The van der Waals surface area contributed by atoms with Crippen LogP contribution in [0.4, 0.5) is 10.2 Å². The Kier molecular flexibility index (Phi) is 3.45. The van der Waals surface area contributed by atoms with Gasteiger partial charge in [0.05, 0.1) is 18.4 Å². The van der Waals surface area contributed by atoms with Crippen molar-refractivity contribution >= 4 is 11.8 Å². The smallest absolute Gasteiger partial charge is 0.329 e. The predicted octanol–water partition coefficient (Wildman–Crippen LogP) is 2.04. The summed E-state index contributed by atoms with van der Waals surface area (Å²) >= 11 is 0. The van der Waals surface area contributed by atoms with E-state index in [4.69, 9.17) is 4.74 Å². The summed E-state index contributed by atoms with van der Waals surface area (Å²) < 4.78 is 18.4. The van der Waals surface area contributed by atoms with Gasteiger partial charge < -0.3 is 15.2 Å². The molecule has 1 saturated heterocycles. The number of anilines is 1. The van der Waals surface area contributed by atoms with Crippen LogP contribution in [0.15, 0.2) is 18.3 Å². The Morgan fingerprint density at radius 1 is 1.53 bits per heavy atom. The molecule has 1 aliphatic heterocycles. The highest BCUT2D eigenvalue weighted by Gasteiger charge is 2.47. The lowest BCUT2D eigenvalue weighted by molar-refractivity contribution is -0.152. The van der Waals surface area contributed by atoms with Crippen LogP contribution in [0.25, 0.3) is 0 Å². The van der Waals surface area contributed by atoms with E-state index in [-0.39, 0.29) is 0 Å². The number of carboxylic acid groups (broad SMARTS) is 1. The molecule has 0 aromatic carbocycles. The number of carboxylic acids is 1. The quantitative estimate of drug-likeness (QED) is 0.877. The highest BCUT2D eigenvalue weighted by Crippen LogP contribution is 2.34. The molecule has 6 heteroatoms. The third-order valence-corrected chi connectivity index (χ3v) is 3.25. The largest absolute Gasteiger partial charge is 0.480 e.